The van der Waals surface area contributed by atoms with E-state index < -0.39 is 6.10 Å². The molecule has 4 heteroatoms. The van der Waals surface area contributed by atoms with Crippen LogP contribution in [-0.4, -0.2) is 44.2 Å². The number of aryl methyl sites for hydroxylation is 1. The van der Waals surface area contributed by atoms with Gasteiger partial charge in [-0.1, -0.05) is 12.1 Å². The molecule has 1 aromatic carbocycles. The molecule has 1 heterocycles. The van der Waals surface area contributed by atoms with Crippen LogP contribution in [0.4, 0.5) is 0 Å². The van der Waals surface area contributed by atoms with Crippen molar-refractivity contribution >= 4 is 0 Å². The molecule has 100 valence electrons. The molecule has 0 aliphatic carbocycles. The second-order valence-corrected chi connectivity index (χ2v) is 4.44. The molecule has 1 saturated heterocycles. The smallest absolute Gasteiger partial charge is 0.118 e. The van der Waals surface area contributed by atoms with Crippen LogP contribution in [0.1, 0.15) is 12.0 Å². The molecule has 0 radical (unpaired) electrons. The molecule has 2 atom stereocenters. The van der Waals surface area contributed by atoms with E-state index in [1.54, 1.807) is 7.11 Å². The molecule has 1 aliphatic heterocycles. The summed E-state index contributed by atoms with van der Waals surface area (Å²) in [6.07, 6.45) is 0.857. The highest BCUT2D eigenvalue weighted by atomic mass is 16.6. The summed E-state index contributed by atoms with van der Waals surface area (Å²) in [5, 5.41) is 10.0. The Morgan fingerprint density at radius 3 is 2.72 bits per heavy atom. The van der Waals surface area contributed by atoms with Crippen molar-refractivity contribution in [2.24, 2.45) is 0 Å². The summed E-state index contributed by atoms with van der Waals surface area (Å²) in [6, 6.07) is 7.90. The Labute approximate surface area is 107 Å². The van der Waals surface area contributed by atoms with Crippen molar-refractivity contribution in [3.8, 4) is 5.75 Å². The summed E-state index contributed by atoms with van der Waals surface area (Å²) in [4.78, 5) is 0. The minimum absolute atomic E-state index is 0.183. The highest BCUT2D eigenvalue weighted by molar-refractivity contribution is 5.27. The first-order chi connectivity index (χ1) is 8.79. The molecule has 2 rings (SSSR count). The molecular formula is C14H20O4. The van der Waals surface area contributed by atoms with E-state index in [-0.39, 0.29) is 6.10 Å². The zero-order chi connectivity index (χ0) is 12.8. The lowest BCUT2D eigenvalue weighted by atomic mass is 10.0. The Kier molecular flexibility index (Phi) is 4.99. The van der Waals surface area contributed by atoms with Gasteiger partial charge in [0.1, 0.15) is 11.9 Å². The molecule has 1 aliphatic rings. The van der Waals surface area contributed by atoms with E-state index in [0.717, 1.165) is 12.2 Å². The SMILES string of the molecule is COc1ccc(CCC(O)C2COCCO2)cc1. The van der Waals surface area contributed by atoms with E-state index in [1.165, 1.54) is 5.56 Å². The van der Waals surface area contributed by atoms with Gasteiger partial charge >= 0.3 is 0 Å². The maximum Gasteiger partial charge on any atom is 0.118 e. The number of hydrogen-bond donors (Lipinski definition) is 1. The quantitative estimate of drug-likeness (QED) is 0.860. The van der Waals surface area contributed by atoms with Crippen LogP contribution in [0.2, 0.25) is 0 Å². The molecule has 0 aromatic heterocycles. The van der Waals surface area contributed by atoms with E-state index in [9.17, 15) is 5.11 Å². The summed E-state index contributed by atoms with van der Waals surface area (Å²) in [6.45, 7) is 1.69. The number of ether oxygens (including phenoxy) is 3. The van der Waals surface area contributed by atoms with Crippen molar-refractivity contribution in [2.75, 3.05) is 26.9 Å². The predicted octanol–water partition coefficient (Wildman–Crippen LogP) is 1.40. The van der Waals surface area contributed by atoms with Crippen molar-refractivity contribution in [3.63, 3.8) is 0 Å². The molecule has 0 bridgehead atoms. The van der Waals surface area contributed by atoms with Gasteiger partial charge < -0.3 is 19.3 Å². The van der Waals surface area contributed by atoms with Gasteiger partial charge in [0, 0.05) is 0 Å². The topological polar surface area (TPSA) is 47.9 Å². The van der Waals surface area contributed by atoms with Gasteiger partial charge in [-0.25, -0.2) is 0 Å². The van der Waals surface area contributed by atoms with Gasteiger partial charge in [0.2, 0.25) is 0 Å². The molecule has 2 unspecified atom stereocenters. The standard InChI is InChI=1S/C14H20O4/c1-16-12-5-2-11(3-6-12)4-7-13(15)14-10-17-8-9-18-14/h2-3,5-6,13-15H,4,7-10H2,1H3. The van der Waals surface area contributed by atoms with Gasteiger partial charge in [0.15, 0.2) is 0 Å². The summed E-state index contributed by atoms with van der Waals surface area (Å²) in [5.41, 5.74) is 1.19. The van der Waals surface area contributed by atoms with Crippen molar-refractivity contribution in [2.45, 2.75) is 25.0 Å². The summed E-state index contributed by atoms with van der Waals surface area (Å²) < 4.78 is 15.9. The van der Waals surface area contributed by atoms with E-state index in [1.807, 2.05) is 24.3 Å². The fraction of sp³-hybridized carbons (Fsp3) is 0.571. The Morgan fingerprint density at radius 1 is 1.33 bits per heavy atom. The average molecular weight is 252 g/mol. The highest BCUT2D eigenvalue weighted by Crippen LogP contribution is 2.15. The van der Waals surface area contributed by atoms with Crippen LogP contribution in [0, 0.1) is 0 Å². The number of rotatable bonds is 5. The van der Waals surface area contributed by atoms with Crippen LogP contribution < -0.4 is 4.74 Å². The molecule has 0 amide bonds. The molecule has 1 fully saturated rings. The lowest BCUT2D eigenvalue weighted by Gasteiger charge is -2.27. The number of methoxy groups -OCH3 is 1. The van der Waals surface area contributed by atoms with E-state index in [2.05, 4.69) is 0 Å². The number of aliphatic hydroxyl groups excluding tert-OH is 1. The fourth-order valence-corrected chi connectivity index (χ4v) is 2.02. The highest BCUT2D eigenvalue weighted by Gasteiger charge is 2.22. The minimum Gasteiger partial charge on any atom is -0.497 e. The monoisotopic (exact) mass is 252 g/mol. The largest absolute Gasteiger partial charge is 0.497 e. The third-order valence-electron chi connectivity index (χ3n) is 3.16. The van der Waals surface area contributed by atoms with Crippen molar-refractivity contribution < 1.29 is 19.3 Å². The molecule has 4 nitrogen and oxygen atoms in total. The van der Waals surface area contributed by atoms with Crippen molar-refractivity contribution in [3.05, 3.63) is 29.8 Å². The molecule has 1 aromatic rings. The molecule has 18 heavy (non-hydrogen) atoms. The Hall–Kier alpha value is -1.10. The van der Waals surface area contributed by atoms with Crippen LogP contribution in [0.25, 0.3) is 0 Å². The van der Waals surface area contributed by atoms with E-state index in [0.29, 0.717) is 26.2 Å². The maximum absolute atomic E-state index is 10.0. The first kappa shape index (κ1) is 13.3. The average Bonchev–Trinajstić information content (AvgIpc) is 2.46. The van der Waals surface area contributed by atoms with Gasteiger partial charge in [-0.15, -0.1) is 0 Å². The van der Waals surface area contributed by atoms with Crippen molar-refractivity contribution in [1.29, 1.82) is 0 Å². The van der Waals surface area contributed by atoms with Gasteiger partial charge in [0.25, 0.3) is 0 Å². The summed E-state index contributed by atoms with van der Waals surface area (Å²) in [5.74, 6) is 0.850. The third-order valence-corrected chi connectivity index (χ3v) is 3.16. The predicted molar refractivity (Wildman–Crippen MR) is 67.9 cm³/mol. The van der Waals surface area contributed by atoms with Crippen LogP contribution in [0.3, 0.4) is 0 Å². The van der Waals surface area contributed by atoms with Crippen LogP contribution >= 0.6 is 0 Å². The Balaban J connectivity index is 1.78. The Bertz CT molecular complexity index is 343. The zero-order valence-electron chi connectivity index (χ0n) is 10.7. The maximum atomic E-state index is 10.0. The first-order valence-corrected chi connectivity index (χ1v) is 6.30. The number of aliphatic hydroxyl groups is 1. The summed E-state index contributed by atoms with van der Waals surface area (Å²) >= 11 is 0. The lowest BCUT2D eigenvalue weighted by molar-refractivity contribution is -0.133. The second kappa shape index (κ2) is 6.73. The lowest BCUT2D eigenvalue weighted by Crippen LogP contribution is -2.38. The third kappa shape index (κ3) is 3.70. The first-order valence-electron chi connectivity index (χ1n) is 6.30. The van der Waals surface area contributed by atoms with Crippen molar-refractivity contribution in [1.82, 2.24) is 0 Å². The molecular weight excluding hydrogens is 232 g/mol. The van der Waals surface area contributed by atoms with Crippen LogP contribution in [-0.2, 0) is 15.9 Å². The Morgan fingerprint density at radius 2 is 2.11 bits per heavy atom. The number of hydrogen-bond acceptors (Lipinski definition) is 4. The summed E-state index contributed by atoms with van der Waals surface area (Å²) in [7, 11) is 1.65. The zero-order valence-corrected chi connectivity index (χ0v) is 10.7. The van der Waals surface area contributed by atoms with Gasteiger partial charge in [-0.05, 0) is 30.5 Å². The van der Waals surface area contributed by atoms with Gasteiger partial charge in [-0.2, -0.15) is 0 Å². The normalized spacial score (nSPS) is 21.6. The molecule has 0 saturated carbocycles. The van der Waals surface area contributed by atoms with Gasteiger partial charge in [-0.3, -0.25) is 0 Å². The van der Waals surface area contributed by atoms with Gasteiger partial charge in [0.05, 0.1) is 33.0 Å². The van der Waals surface area contributed by atoms with Crippen LogP contribution in [0.5, 0.6) is 5.75 Å². The fourth-order valence-electron chi connectivity index (χ4n) is 2.02. The van der Waals surface area contributed by atoms with E-state index in [4.69, 9.17) is 14.2 Å². The second-order valence-electron chi connectivity index (χ2n) is 4.44. The van der Waals surface area contributed by atoms with E-state index >= 15 is 0 Å². The molecule has 0 spiro atoms. The number of benzene rings is 1. The van der Waals surface area contributed by atoms with Crippen LogP contribution in [0.15, 0.2) is 24.3 Å². The minimum atomic E-state index is -0.465. The molecule has 1 N–H and O–H groups in total.